The SMILES string of the molecule is Fc1cc(F)cc(NCCCC(F)(F)F)c1. The lowest BCUT2D eigenvalue weighted by Crippen LogP contribution is -2.11. The molecule has 0 spiro atoms. The van der Waals surface area contributed by atoms with E-state index in [1.165, 1.54) is 0 Å². The minimum Gasteiger partial charge on any atom is -0.385 e. The van der Waals surface area contributed by atoms with Crippen LogP contribution >= 0.6 is 0 Å². The topological polar surface area (TPSA) is 12.0 Å². The van der Waals surface area contributed by atoms with Crippen molar-refractivity contribution in [3.63, 3.8) is 0 Å². The molecule has 90 valence electrons. The number of anilines is 1. The molecule has 0 saturated heterocycles. The third-order valence-electron chi connectivity index (χ3n) is 1.83. The minimum absolute atomic E-state index is 0.0163. The van der Waals surface area contributed by atoms with Crippen molar-refractivity contribution in [2.24, 2.45) is 0 Å². The summed E-state index contributed by atoms with van der Waals surface area (Å²) in [5, 5.41) is 2.52. The van der Waals surface area contributed by atoms with Crippen molar-refractivity contribution >= 4 is 5.69 Å². The zero-order valence-electron chi connectivity index (χ0n) is 8.24. The highest BCUT2D eigenvalue weighted by molar-refractivity contribution is 5.43. The van der Waals surface area contributed by atoms with Gasteiger partial charge in [0, 0.05) is 24.7 Å². The van der Waals surface area contributed by atoms with Gasteiger partial charge in [-0.2, -0.15) is 13.2 Å². The lowest BCUT2D eigenvalue weighted by Gasteiger charge is -2.08. The Bertz CT molecular complexity index is 327. The lowest BCUT2D eigenvalue weighted by molar-refractivity contribution is -0.134. The van der Waals surface area contributed by atoms with Crippen molar-refractivity contribution in [1.29, 1.82) is 0 Å². The van der Waals surface area contributed by atoms with Gasteiger partial charge in [0.05, 0.1) is 0 Å². The van der Waals surface area contributed by atoms with Crippen molar-refractivity contribution in [1.82, 2.24) is 0 Å². The third kappa shape index (κ3) is 4.95. The summed E-state index contributed by atoms with van der Waals surface area (Å²) in [5.74, 6) is -1.53. The number of halogens is 5. The summed E-state index contributed by atoms with van der Waals surface area (Å²) >= 11 is 0. The molecule has 0 fully saturated rings. The molecule has 0 radical (unpaired) electrons. The largest absolute Gasteiger partial charge is 0.389 e. The van der Waals surface area contributed by atoms with Crippen LogP contribution in [0.25, 0.3) is 0 Å². The maximum absolute atomic E-state index is 12.7. The second-order valence-corrected chi connectivity index (χ2v) is 3.30. The molecule has 1 aromatic rings. The molecule has 0 amide bonds. The molecule has 1 rings (SSSR count). The Morgan fingerprint density at radius 3 is 2.06 bits per heavy atom. The van der Waals surface area contributed by atoms with Gasteiger partial charge in [-0.25, -0.2) is 8.78 Å². The fraction of sp³-hybridized carbons (Fsp3) is 0.400. The Balaban J connectivity index is 2.37. The van der Waals surface area contributed by atoms with E-state index in [0.717, 1.165) is 12.1 Å². The summed E-state index contributed by atoms with van der Waals surface area (Å²) in [5.41, 5.74) is 0.139. The summed E-state index contributed by atoms with van der Waals surface area (Å²) < 4.78 is 60.6. The molecule has 0 atom stereocenters. The van der Waals surface area contributed by atoms with Crippen molar-refractivity contribution in [3.8, 4) is 0 Å². The highest BCUT2D eigenvalue weighted by Gasteiger charge is 2.25. The quantitative estimate of drug-likeness (QED) is 0.623. The Morgan fingerprint density at radius 2 is 1.56 bits per heavy atom. The Labute approximate surface area is 89.3 Å². The van der Waals surface area contributed by atoms with Gasteiger partial charge in [0.1, 0.15) is 11.6 Å². The zero-order chi connectivity index (χ0) is 12.2. The molecule has 6 heteroatoms. The second-order valence-electron chi connectivity index (χ2n) is 3.30. The predicted molar refractivity (Wildman–Crippen MR) is 50.1 cm³/mol. The molecule has 0 bridgehead atoms. The van der Waals surface area contributed by atoms with Crippen LogP contribution in [0.15, 0.2) is 18.2 Å². The second kappa shape index (κ2) is 5.14. The van der Waals surface area contributed by atoms with Crippen LogP contribution in [-0.2, 0) is 0 Å². The van der Waals surface area contributed by atoms with E-state index in [1.807, 2.05) is 0 Å². The number of hydrogen-bond donors (Lipinski definition) is 1. The number of nitrogens with one attached hydrogen (secondary N) is 1. The Kier molecular flexibility index (Phi) is 4.09. The van der Waals surface area contributed by atoms with E-state index >= 15 is 0 Å². The summed E-state index contributed by atoms with van der Waals surface area (Å²) in [6, 6.07) is 2.74. The molecule has 0 aliphatic heterocycles. The van der Waals surface area contributed by atoms with Gasteiger partial charge in [0.2, 0.25) is 0 Å². The number of hydrogen-bond acceptors (Lipinski definition) is 1. The predicted octanol–water partition coefficient (Wildman–Crippen LogP) is 3.72. The monoisotopic (exact) mass is 239 g/mol. The summed E-state index contributed by atoms with van der Waals surface area (Å²) in [6.07, 6.45) is -5.26. The van der Waals surface area contributed by atoms with Crippen molar-refractivity contribution < 1.29 is 22.0 Å². The van der Waals surface area contributed by atoms with Gasteiger partial charge in [-0.3, -0.25) is 0 Å². The van der Waals surface area contributed by atoms with E-state index in [0.29, 0.717) is 6.07 Å². The fourth-order valence-electron chi connectivity index (χ4n) is 1.18. The minimum atomic E-state index is -4.20. The average molecular weight is 239 g/mol. The maximum Gasteiger partial charge on any atom is 0.389 e. The average Bonchev–Trinajstić information content (AvgIpc) is 2.09. The van der Waals surface area contributed by atoms with E-state index < -0.39 is 24.2 Å². The highest BCUT2D eigenvalue weighted by Crippen LogP contribution is 2.21. The standard InChI is InChI=1S/C10H10F5N/c11-7-4-8(12)6-9(5-7)16-3-1-2-10(13,14)15/h4-6,16H,1-3H2. The first kappa shape index (κ1) is 12.7. The van der Waals surface area contributed by atoms with Crippen LogP contribution in [0.1, 0.15) is 12.8 Å². The molecule has 0 saturated carbocycles. The van der Waals surface area contributed by atoms with Crippen LogP contribution in [0.2, 0.25) is 0 Å². The number of rotatable bonds is 4. The molecule has 1 aromatic carbocycles. The van der Waals surface area contributed by atoms with Gasteiger partial charge in [0.25, 0.3) is 0 Å². The first-order valence-electron chi connectivity index (χ1n) is 4.63. The first-order valence-corrected chi connectivity index (χ1v) is 4.63. The van der Waals surface area contributed by atoms with Crippen molar-refractivity contribution in [2.75, 3.05) is 11.9 Å². The normalized spacial score (nSPS) is 11.6. The van der Waals surface area contributed by atoms with Crippen LogP contribution in [-0.4, -0.2) is 12.7 Å². The molecule has 0 heterocycles. The molecule has 1 N–H and O–H groups in total. The van der Waals surface area contributed by atoms with Crippen molar-refractivity contribution in [3.05, 3.63) is 29.8 Å². The van der Waals surface area contributed by atoms with Gasteiger partial charge >= 0.3 is 6.18 Å². The van der Waals surface area contributed by atoms with E-state index in [1.54, 1.807) is 0 Å². The Morgan fingerprint density at radius 1 is 1.00 bits per heavy atom. The molecular weight excluding hydrogens is 229 g/mol. The van der Waals surface area contributed by atoms with Gasteiger partial charge < -0.3 is 5.32 Å². The third-order valence-corrected chi connectivity index (χ3v) is 1.83. The van der Waals surface area contributed by atoms with Crippen LogP contribution in [0.4, 0.5) is 27.6 Å². The van der Waals surface area contributed by atoms with E-state index in [4.69, 9.17) is 0 Å². The Hall–Kier alpha value is -1.33. The molecular formula is C10H10F5N. The summed E-state index contributed by atoms with van der Waals surface area (Å²) in [7, 11) is 0. The van der Waals surface area contributed by atoms with Crippen LogP contribution in [0, 0.1) is 11.6 Å². The molecule has 16 heavy (non-hydrogen) atoms. The van der Waals surface area contributed by atoms with Crippen LogP contribution < -0.4 is 5.32 Å². The highest BCUT2D eigenvalue weighted by atomic mass is 19.4. The van der Waals surface area contributed by atoms with Crippen molar-refractivity contribution in [2.45, 2.75) is 19.0 Å². The van der Waals surface area contributed by atoms with E-state index in [2.05, 4.69) is 5.32 Å². The fourth-order valence-corrected chi connectivity index (χ4v) is 1.18. The molecule has 0 aromatic heterocycles. The molecule has 0 unspecified atom stereocenters. The first-order chi connectivity index (χ1) is 7.37. The van der Waals surface area contributed by atoms with Gasteiger partial charge in [-0.1, -0.05) is 0 Å². The van der Waals surface area contributed by atoms with E-state index in [-0.39, 0.29) is 18.7 Å². The molecule has 0 aliphatic carbocycles. The van der Waals surface area contributed by atoms with Crippen LogP contribution in [0.5, 0.6) is 0 Å². The molecule has 1 nitrogen and oxygen atoms in total. The van der Waals surface area contributed by atoms with Crippen LogP contribution in [0.3, 0.4) is 0 Å². The smallest absolute Gasteiger partial charge is 0.385 e. The van der Waals surface area contributed by atoms with Gasteiger partial charge in [-0.15, -0.1) is 0 Å². The lowest BCUT2D eigenvalue weighted by atomic mass is 10.2. The summed E-state index contributed by atoms with van der Waals surface area (Å²) in [4.78, 5) is 0. The number of alkyl halides is 3. The molecule has 0 aliphatic rings. The zero-order valence-corrected chi connectivity index (χ0v) is 8.24. The number of benzene rings is 1. The van der Waals surface area contributed by atoms with Gasteiger partial charge in [-0.05, 0) is 18.6 Å². The van der Waals surface area contributed by atoms with Gasteiger partial charge in [0.15, 0.2) is 0 Å². The van der Waals surface area contributed by atoms with E-state index in [9.17, 15) is 22.0 Å². The maximum atomic E-state index is 12.7. The summed E-state index contributed by atoms with van der Waals surface area (Å²) in [6.45, 7) is 0.0163.